The molecule has 0 fully saturated rings. The van der Waals surface area contributed by atoms with E-state index < -0.39 is 0 Å². The molecule has 0 aliphatic heterocycles. The molecule has 0 rings (SSSR count). The van der Waals surface area contributed by atoms with E-state index in [1.165, 1.54) is 54.4 Å². The van der Waals surface area contributed by atoms with Crippen molar-refractivity contribution in [3.63, 3.8) is 0 Å². The summed E-state index contributed by atoms with van der Waals surface area (Å²) in [6, 6.07) is 0. The summed E-state index contributed by atoms with van der Waals surface area (Å²) in [4.78, 5) is 12.0. The Morgan fingerprint density at radius 1 is 0.818 bits per heavy atom. The summed E-state index contributed by atoms with van der Waals surface area (Å²) in [6.45, 7) is 7.39. The fourth-order valence-electron chi connectivity index (χ4n) is 1.03. The number of nitrogens with zero attached hydrogens (tertiary/aromatic N) is 2. The topological polar surface area (TPSA) is 42.6 Å². The first kappa shape index (κ1) is 50.5. The van der Waals surface area contributed by atoms with Crippen molar-refractivity contribution in [3.8, 4) is 0 Å². The normalized spacial score (nSPS) is 7.82. The Morgan fingerprint density at radius 2 is 1.14 bits per heavy atom. The van der Waals surface area contributed by atoms with Crippen molar-refractivity contribution in [1.82, 2.24) is 4.90 Å². The van der Waals surface area contributed by atoms with Crippen molar-refractivity contribution in [2.75, 3.05) is 0 Å². The van der Waals surface area contributed by atoms with Gasteiger partial charge in [0.1, 0.15) is 0 Å². The number of hydrogen-bond acceptors (Lipinski definition) is 1. The van der Waals surface area contributed by atoms with E-state index >= 15 is 0 Å². The van der Waals surface area contributed by atoms with E-state index in [9.17, 15) is 10.2 Å². The van der Waals surface area contributed by atoms with Crippen LogP contribution in [0.1, 0.15) is 27.7 Å². The van der Waals surface area contributed by atoms with Gasteiger partial charge in [0, 0.05) is 147 Å². The molecular formula is C10H12N2OW9-2. The van der Waals surface area contributed by atoms with Crippen molar-refractivity contribution in [2.45, 2.75) is 27.7 Å². The van der Waals surface area contributed by atoms with Crippen LogP contribution < -0.4 is 0 Å². The molecule has 0 saturated carbocycles. The SMILES string of the molecule is CC(=[N-])N([C-]=O)C([C](C)=[W])=C(C)[C](C)=[W].[W].[W].[W].[W].[W].[W].[W]. The molecule has 0 saturated heterocycles. The van der Waals surface area contributed by atoms with Crippen LogP contribution in [0, 0.1) is 0 Å². The molecule has 124 valence electrons. The van der Waals surface area contributed by atoms with Crippen molar-refractivity contribution < 1.29 is 191 Å². The van der Waals surface area contributed by atoms with Crippen molar-refractivity contribution in [1.29, 1.82) is 0 Å². The Morgan fingerprint density at radius 3 is 1.27 bits per heavy atom. The minimum atomic E-state index is -0.0452. The maximum Gasteiger partial charge on any atom is 0 e. The van der Waals surface area contributed by atoms with Gasteiger partial charge in [-0.25, -0.2) is 0 Å². The Kier molecular flexibility index (Phi) is 64.3. The summed E-state index contributed by atoms with van der Waals surface area (Å²) in [5.74, 6) is -0.0452. The third-order valence-corrected chi connectivity index (χ3v) is 3.65. The summed E-state index contributed by atoms with van der Waals surface area (Å²) in [5, 5.41) is 9.40. The van der Waals surface area contributed by atoms with Gasteiger partial charge >= 0.3 is 113 Å². The molecule has 1 amide bonds. The van der Waals surface area contributed by atoms with Gasteiger partial charge in [0.15, 0.2) is 0 Å². The van der Waals surface area contributed by atoms with Crippen LogP contribution in [0.3, 0.4) is 0 Å². The van der Waals surface area contributed by atoms with E-state index in [-0.39, 0.29) is 153 Å². The molecule has 0 aliphatic carbocycles. The number of amides is 1. The summed E-state index contributed by atoms with van der Waals surface area (Å²) < 4.78 is 2.26. The zero-order chi connectivity index (χ0) is 12.2. The Bertz CT molecular complexity index is 371. The smallest absolute Gasteiger partial charge is 0 e. The van der Waals surface area contributed by atoms with E-state index in [1.807, 2.05) is 20.8 Å². The molecule has 0 spiro atoms. The van der Waals surface area contributed by atoms with Crippen LogP contribution in [0.15, 0.2) is 11.3 Å². The minimum Gasteiger partial charge on any atom is 0 e. The van der Waals surface area contributed by atoms with Gasteiger partial charge in [0.2, 0.25) is 0 Å². The van der Waals surface area contributed by atoms with Crippen LogP contribution in [0.5, 0.6) is 0 Å². The molecular weight excluding hydrogens is 1820 g/mol. The summed E-state index contributed by atoms with van der Waals surface area (Å²) in [6.07, 6.45) is 1.75. The first-order chi connectivity index (χ1) is 6.82. The van der Waals surface area contributed by atoms with Gasteiger partial charge in [-0.3, -0.25) is 0 Å². The quantitative estimate of drug-likeness (QED) is 0.180. The predicted octanol–water partition coefficient (Wildman–Crippen LogP) is 1.08. The van der Waals surface area contributed by atoms with Crippen LogP contribution in [-0.2, 0) is 191 Å². The van der Waals surface area contributed by atoms with Crippen LogP contribution in [0.2, 0.25) is 0 Å². The molecule has 0 aromatic carbocycles. The van der Waals surface area contributed by atoms with Crippen LogP contribution in [0.25, 0.3) is 5.41 Å². The van der Waals surface area contributed by atoms with Crippen LogP contribution in [0.4, 0.5) is 0 Å². The van der Waals surface area contributed by atoms with Crippen molar-refractivity contribution >= 4 is 20.0 Å². The summed E-state index contributed by atoms with van der Waals surface area (Å²) in [5.41, 5.74) is 1.81. The number of hydrogen-bond donors (Lipinski definition) is 0. The van der Waals surface area contributed by atoms with Gasteiger partial charge in [-0.15, -0.1) is 0 Å². The molecule has 22 heavy (non-hydrogen) atoms. The van der Waals surface area contributed by atoms with Gasteiger partial charge in [0.25, 0.3) is 0 Å². The maximum atomic E-state index is 10.8. The zero-order valence-electron chi connectivity index (χ0n) is 12.0. The Balaban J connectivity index is -0.0000000467. The van der Waals surface area contributed by atoms with E-state index in [2.05, 4.69) is 0 Å². The Hall–Kier alpha value is 4.81. The van der Waals surface area contributed by atoms with Crippen molar-refractivity contribution in [3.05, 3.63) is 16.7 Å². The van der Waals surface area contributed by atoms with E-state index in [4.69, 9.17) is 0 Å². The predicted molar refractivity (Wildman–Crippen MR) is 55.6 cm³/mol. The average Bonchev–Trinajstić information content (AvgIpc) is 2.11. The standard InChI is InChI=1S/C10H12N2O.9W/c1-5-8(3)10(6-2)12(7-13)9(4)11;;;;;;;;;/h1-4H3;;;;;;;;;/q-2;;;;;;;;;. The second kappa shape index (κ2) is 28.0. The van der Waals surface area contributed by atoms with Gasteiger partial charge in [-0.1, -0.05) is 0 Å². The van der Waals surface area contributed by atoms with Gasteiger partial charge < -0.3 is 0 Å². The van der Waals surface area contributed by atoms with Gasteiger partial charge in [-0.2, -0.15) is 0 Å². The van der Waals surface area contributed by atoms with E-state index in [0.717, 1.165) is 15.2 Å². The molecule has 0 atom stereocenters. The molecule has 0 bridgehead atoms. The number of rotatable bonds is 4. The van der Waals surface area contributed by atoms with Crippen molar-refractivity contribution in [2.24, 2.45) is 0 Å². The second-order valence-electron chi connectivity index (χ2n) is 3.06. The molecule has 0 aromatic heterocycles. The largest absolute Gasteiger partial charge is 0 e. The molecule has 12 heteroatoms. The van der Waals surface area contributed by atoms with E-state index in [0.29, 0.717) is 0 Å². The summed E-state index contributed by atoms with van der Waals surface area (Å²) in [7, 11) is 0. The average molecular weight is 1830 g/mol. The molecule has 0 N–H and O–H groups in total. The zero-order valence-corrected chi connectivity index (χ0v) is 38.4. The van der Waals surface area contributed by atoms with Gasteiger partial charge in [0.05, 0.1) is 0 Å². The summed E-state index contributed by atoms with van der Waals surface area (Å²) >= 11 is 2.63. The molecule has 0 heterocycles. The number of allylic oxidation sites excluding steroid dienone is 2. The molecule has 0 radical (unpaired) electrons. The number of amidine groups is 1. The molecule has 0 aromatic rings. The minimum absolute atomic E-state index is 0. The Labute approximate surface area is 255 Å². The van der Waals surface area contributed by atoms with Crippen LogP contribution >= 0.6 is 0 Å². The fourth-order valence-corrected chi connectivity index (χ4v) is 2.25. The first-order valence-corrected chi connectivity index (χ1v) is 7.19. The maximum absolute atomic E-state index is 10.8. The fraction of sp³-hybridized carbons (Fsp3) is 0.400. The molecule has 0 unspecified atom stereocenters. The second-order valence-corrected chi connectivity index (χ2v) is 7.46. The molecule has 0 aliphatic rings. The van der Waals surface area contributed by atoms with Crippen LogP contribution in [-0.4, -0.2) is 24.9 Å². The molecule has 3 nitrogen and oxygen atoms in total. The van der Waals surface area contributed by atoms with E-state index in [1.54, 1.807) is 6.41 Å². The monoisotopic (exact) mass is 1830 g/mol. The number of carbonyl (C=O) groups excluding carboxylic acids is 1. The first-order valence-electron chi connectivity index (χ1n) is 4.26. The third-order valence-electron chi connectivity index (χ3n) is 1.86. The third kappa shape index (κ3) is 19.6. The van der Waals surface area contributed by atoms with Gasteiger partial charge in [-0.05, 0) is 0 Å².